The summed E-state index contributed by atoms with van der Waals surface area (Å²) in [6, 6.07) is 0. The van der Waals surface area contributed by atoms with Gasteiger partial charge in [-0.3, -0.25) is 14.5 Å². The maximum Gasteiger partial charge on any atom is 0.236 e. The first-order chi connectivity index (χ1) is 11.1. The Morgan fingerprint density at radius 2 is 1.70 bits per heavy atom. The van der Waals surface area contributed by atoms with Gasteiger partial charge in [-0.05, 0) is 44.9 Å². The summed E-state index contributed by atoms with van der Waals surface area (Å²) in [5, 5.41) is 0. The van der Waals surface area contributed by atoms with Crippen LogP contribution in [-0.4, -0.2) is 72.3 Å². The fraction of sp³-hybridized carbons (Fsp3) is 0.889. The molecule has 0 spiro atoms. The first-order valence-corrected chi connectivity index (χ1v) is 9.41. The van der Waals surface area contributed by atoms with E-state index < -0.39 is 0 Å². The standard InChI is InChI=1S/C18H31N3O2/c1-3-20(4-2)17(22)13-19-7-9-21(10-8-19)18(23)16-12-14-5-6-15(16)11-14/h14-16H,3-13H2,1-2H3. The summed E-state index contributed by atoms with van der Waals surface area (Å²) in [7, 11) is 0. The van der Waals surface area contributed by atoms with Gasteiger partial charge in [0.15, 0.2) is 0 Å². The third kappa shape index (κ3) is 3.54. The van der Waals surface area contributed by atoms with E-state index >= 15 is 0 Å². The third-order valence-corrected chi connectivity index (χ3v) is 6.21. The average Bonchev–Trinajstić information content (AvgIpc) is 3.19. The van der Waals surface area contributed by atoms with E-state index in [1.54, 1.807) is 0 Å². The molecule has 0 N–H and O–H groups in total. The van der Waals surface area contributed by atoms with Crippen LogP contribution in [0.4, 0.5) is 0 Å². The van der Waals surface area contributed by atoms with E-state index in [-0.39, 0.29) is 5.91 Å². The number of hydrogen-bond donors (Lipinski definition) is 0. The lowest BCUT2D eigenvalue weighted by Crippen LogP contribution is -2.53. The molecular weight excluding hydrogens is 290 g/mol. The molecule has 2 aliphatic carbocycles. The van der Waals surface area contributed by atoms with Crippen LogP contribution in [0.1, 0.15) is 39.5 Å². The molecule has 2 saturated carbocycles. The summed E-state index contributed by atoms with van der Waals surface area (Å²) in [4.78, 5) is 31.1. The van der Waals surface area contributed by atoms with Crippen molar-refractivity contribution in [1.82, 2.24) is 14.7 Å². The Morgan fingerprint density at radius 3 is 2.22 bits per heavy atom. The maximum absolute atomic E-state index is 12.8. The zero-order chi connectivity index (χ0) is 16.4. The molecule has 3 rings (SSSR count). The molecule has 3 unspecified atom stereocenters. The van der Waals surface area contributed by atoms with Crippen LogP contribution in [0.25, 0.3) is 0 Å². The number of carbonyl (C=O) groups is 2. The molecule has 2 amide bonds. The number of rotatable bonds is 5. The van der Waals surface area contributed by atoms with Gasteiger partial charge in [0, 0.05) is 45.2 Å². The van der Waals surface area contributed by atoms with Crippen molar-refractivity contribution in [2.75, 3.05) is 45.8 Å². The molecule has 0 aromatic heterocycles. The molecule has 0 aromatic carbocycles. The minimum Gasteiger partial charge on any atom is -0.342 e. The zero-order valence-corrected chi connectivity index (χ0v) is 14.7. The Bertz CT molecular complexity index is 442. The van der Waals surface area contributed by atoms with Gasteiger partial charge < -0.3 is 9.80 Å². The molecule has 1 heterocycles. The summed E-state index contributed by atoms with van der Waals surface area (Å²) >= 11 is 0. The number of carbonyl (C=O) groups excluding carboxylic acids is 2. The van der Waals surface area contributed by atoms with Crippen molar-refractivity contribution < 1.29 is 9.59 Å². The first-order valence-electron chi connectivity index (χ1n) is 9.41. The summed E-state index contributed by atoms with van der Waals surface area (Å²) in [6.45, 7) is 9.34. The van der Waals surface area contributed by atoms with E-state index in [9.17, 15) is 9.59 Å². The molecule has 3 atom stereocenters. The van der Waals surface area contributed by atoms with E-state index in [0.717, 1.165) is 51.6 Å². The van der Waals surface area contributed by atoms with Crippen LogP contribution < -0.4 is 0 Å². The van der Waals surface area contributed by atoms with Crippen LogP contribution in [0, 0.1) is 17.8 Å². The Kier molecular flexibility index (Phi) is 5.24. The van der Waals surface area contributed by atoms with Gasteiger partial charge >= 0.3 is 0 Å². The van der Waals surface area contributed by atoms with Crippen molar-refractivity contribution in [2.45, 2.75) is 39.5 Å². The lowest BCUT2D eigenvalue weighted by molar-refractivity contribution is -0.139. The Balaban J connectivity index is 1.45. The average molecular weight is 321 g/mol. The number of likely N-dealkylation sites (N-methyl/N-ethyl adjacent to an activating group) is 1. The maximum atomic E-state index is 12.8. The van der Waals surface area contributed by atoms with Crippen LogP contribution in [-0.2, 0) is 9.59 Å². The second-order valence-electron chi connectivity index (χ2n) is 7.45. The molecular formula is C18H31N3O2. The predicted octanol–water partition coefficient (Wildman–Crippen LogP) is 1.44. The van der Waals surface area contributed by atoms with Gasteiger partial charge in [-0.15, -0.1) is 0 Å². The minimum atomic E-state index is 0.211. The number of amides is 2. The van der Waals surface area contributed by atoms with Gasteiger partial charge in [0.05, 0.1) is 6.54 Å². The quantitative estimate of drug-likeness (QED) is 0.769. The van der Waals surface area contributed by atoms with E-state index in [1.807, 2.05) is 18.7 Å². The summed E-state index contributed by atoms with van der Waals surface area (Å²) < 4.78 is 0. The van der Waals surface area contributed by atoms with E-state index in [0.29, 0.717) is 24.3 Å². The predicted molar refractivity (Wildman–Crippen MR) is 89.9 cm³/mol. The van der Waals surface area contributed by atoms with Crippen LogP contribution in [0.15, 0.2) is 0 Å². The van der Waals surface area contributed by atoms with Crippen LogP contribution in [0.2, 0.25) is 0 Å². The van der Waals surface area contributed by atoms with E-state index in [2.05, 4.69) is 9.80 Å². The van der Waals surface area contributed by atoms with Gasteiger partial charge in [0.1, 0.15) is 0 Å². The molecule has 3 aliphatic rings. The Morgan fingerprint density at radius 1 is 1.00 bits per heavy atom. The molecule has 0 aromatic rings. The van der Waals surface area contributed by atoms with Crippen molar-refractivity contribution in [1.29, 1.82) is 0 Å². The fourth-order valence-corrected chi connectivity index (χ4v) is 4.78. The van der Waals surface area contributed by atoms with E-state index in [1.165, 1.54) is 19.3 Å². The topological polar surface area (TPSA) is 43.9 Å². The van der Waals surface area contributed by atoms with Crippen molar-refractivity contribution >= 4 is 11.8 Å². The molecule has 23 heavy (non-hydrogen) atoms. The highest BCUT2D eigenvalue weighted by molar-refractivity contribution is 5.80. The molecule has 5 heteroatoms. The number of nitrogens with zero attached hydrogens (tertiary/aromatic N) is 3. The van der Waals surface area contributed by atoms with E-state index in [4.69, 9.17) is 0 Å². The molecule has 1 aliphatic heterocycles. The molecule has 5 nitrogen and oxygen atoms in total. The smallest absolute Gasteiger partial charge is 0.236 e. The molecule has 1 saturated heterocycles. The highest BCUT2D eigenvalue weighted by Gasteiger charge is 2.44. The summed E-state index contributed by atoms with van der Waals surface area (Å²) in [5.74, 6) is 2.39. The SMILES string of the molecule is CCN(CC)C(=O)CN1CCN(C(=O)C2CC3CCC2C3)CC1. The normalized spacial score (nSPS) is 30.7. The summed E-state index contributed by atoms with van der Waals surface area (Å²) in [6.07, 6.45) is 5.02. The first kappa shape index (κ1) is 16.7. The fourth-order valence-electron chi connectivity index (χ4n) is 4.78. The minimum absolute atomic E-state index is 0.211. The van der Waals surface area contributed by atoms with Crippen molar-refractivity contribution in [2.24, 2.45) is 17.8 Å². The second kappa shape index (κ2) is 7.20. The number of hydrogen-bond acceptors (Lipinski definition) is 3. The van der Waals surface area contributed by atoms with Gasteiger partial charge in [-0.25, -0.2) is 0 Å². The van der Waals surface area contributed by atoms with Gasteiger partial charge in [0.2, 0.25) is 11.8 Å². The number of piperazine rings is 1. The molecule has 3 fully saturated rings. The zero-order valence-electron chi connectivity index (χ0n) is 14.7. The largest absolute Gasteiger partial charge is 0.342 e. The molecule has 130 valence electrons. The van der Waals surface area contributed by atoms with Crippen LogP contribution in [0.5, 0.6) is 0 Å². The van der Waals surface area contributed by atoms with Crippen LogP contribution >= 0.6 is 0 Å². The second-order valence-corrected chi connectivity index (χ2v) is 7.45. The van der Waals surface area contributed by atoms with Crippen LogP contribution in [0.3, 0.4) is 0 Å². The van der Waals surface area contributed by atoms with Crippen molar-refractivity contribution in [3.05, 3.63) is 0 Å². The third-order valence-electron chi connectivity index (χ3n) is 6.21. The Labute approximate surface area is 140 Å². The lowest BCUT2D eigenvalue weighted by atomic mass is 9.87. The lowest BCUT2D eigenvalue weighted by Gasteiger charge is -2.37. The Hall–Kier alpha value is -1.10. The molecule has 0 radical (unpaired) electrons. The highest BCUT2D eigenvalue weighted by atomic mass is 16.2. The summed E-state index contributed by atoms with van der Waals surface area (Å²) in [5.41, 5.74) is 0. The highest BCUT2D eigenvalue weighted by Crippen LogP contribution is 2.48. The van der Waals surface area contributed by atoms with Gasteiger partial charge in [-0.1, -0.05) is 6.42 Å². The number of fused-ring (bicyclic) bond motifs is 2. The monoisotopic (exact) mass is 321 g/mol. The molecule has 2 bridgehead atoms. The van der Waals surface area contributed by atoms with Gasteiger partial charge in [0.25, 0.3) is 0 Å². The van der Waals surface area contributed by atoms with Gasteiger partial charge in [-0.2, -0.15) is 0 Å². The van der Waals surface area contributed by atoms with Crippen molar-refractivity contribution in [3.8, 4) is 0 Å². The van der Waals surface area contributed by atoms with Crippen molar-refractivity contribution in [3.63, 3.8) is 0 Å².